The Labute approximate surface area is 156 Å². The minimum absolute atomic E-state index is 0.0559. The molecule has 0 amide bonds. The summed E-state index contributed by atoms with van der Waals surface area (Å²) < 4.78 is 29.3. The van der Waals surface area contributed by atoms with Crippen LogP contribution < -0.4 is 23.7 Å². The number of aromatic hydroxyl groups is 1. The fourth-order valence-corrected chi connectivity index (χ4v) is 4.48. The Bertz CT molecular complexity index is 979. The molecule has 6 heteroatoms. The van der Waals surface area contributed by atoms with E-state index >= 15 is 0 Å². The van der Waals surface area contributed by atoms with E-state index in [1.165, 1.54) is 0 Å². The van der Waals surface area contributed by atoms with Crippen molar-refractivity contribution in [3.05, 3.63) is 34.9 Å². The van der Waals surface area contributed by atoms with Gasteiger partial charge in [0.1, 0.15) is 17.5 Å². The Morgan fingerprint density at radius 2 is 1.78 bits per heavy atom. The maximum absolute atomic E-state index is 10.8. The molecule has 4 aliphatic rings. The predicted molar refractivity (Wildman–Crippen MR) is 95.3 cm³/mol. The fraction of sp³-hybridized carbons (Fsp3) is 0.429. The molecule has 0 radical (unpaired) electrons. The second kappa shape index (κ2) is 4.94. The van der Waals surface area contributed by atoms with Crippen LogP contribution in [0, 0.1) is 0 Å². The summed E-state index contributed by atoms with van der Waals surface area (Å²) in [5.41, 5.74) is 2.65. The lowest BCUT2D eigenvalue weighted by Crippen LogP contribution is -2.33. The van der Waals surface area contributed by atoms with E-state index in [1.54, 1.807) is 0 Å². The molecule has 4 heterocycles. The van der Waals surface area contributed by atoms with Gasteiger partial charge in [-0.25, -0.2) is 0 Å². The second-order valence-corrected chi connectivity index (χ2v) is 8.19. The van der Waals surface area contributed by atoms with Crippen molar-refractivity contribution in [3.63, 3.8) is 0 Å². The van der Waals surface area contributed by atoms with Crippen molar-refractivity contribution in [3.8, 4) is 34.5 Å². The van der Waals surface area contributed by atoms with E-state index in [2.05, 4.69) is 6.07 Å². The number of fused-ring (bicyclic) bond motifs is 7. The van der Waals surface area contributed by atoms with Crippen molar-refractivity contribution in [2.75, 3.05) is 13.4 Å². The summed E-state index contributed by atoms with van der Waals surface area (Å²) in [4.78, 5) is 0. The highest BCUT2D eigenvalue weighted by Crippen LogP contribution is 2.58. The Hall–Kier alpha value is -2.76. The molecule has 6 rings (SSSR count). The lowest BCUT2D eigenvalue weighted by atomic mass is 9.86. The maximum Gasteiger partial charge on any atom is 0.231 e. The number of benzene rings is 2. The summed E-state index contributed by atoms with van der Waals surface area (Å²) in [6, 6.07) is 5.95. The topological polar surface area (TPSA) is 66.4 Å². The van der Waals surface area contributed by atoms with Gasteiger partial charge in [0.15, 0.2) is 23.0 Å². The molecular formula is C21H20O6. The maximum atomic E-state index is 10.8. The van der Waals surface area contributed by atoms with Gasteiger partial charge in [0, 0.05) is 17.2 Å². The number of aryl methyl sites for hydroxylation is 1. The average Bonchev–Trinajstić information content (AvgIpc) is 3.23. The molecule has 1 N–H and O–H groups in total. The minimum Gasteiger partial charge on any atom is -0.502 e. The van der Waals surface area contributed by atoms with Crippen LogP contribution in [0.25, 0.3) is 0 Å². The van der Waals surface area contributed by atoms with Gasteiger partial charge >= 0.3 is 0 Å². The summed E-state index contributed by atoms with van der Waals surface area (Å²) in [5, 5.41) is 10.8. The highest BCUT2D eigenvalue weighted by atomic mass is 16.7. The van der Waals surface area contributed by atoms with Gasteiger partial charge in [-0.2, -0.15) is 0 Å². The third-order valence-electron chi connectivity index (χ3n) is 5.93. The van der Waals surface area contributed by atoms with E-state index in [0.717, 1.165) is 41.0 Å². The molecule has 0 saturated heterocycles. The van der Waals surface area contributed by atoms with Crippen molar-refractivity contribution < 1.29 is 28.8 Å². The van der Waals surface area contributed by atoms with Crippen molar-refractivity contribution in [2.45, 2.75) is 44.3 Å². The first-order valence-corrected chi connectivity index (χ1v) is 9.31. The van der Waals surface area contributed by atoms with Crippen LogP contribution in [0.3, 0.4) is 0 Å². The molecule has 0 fully saturated rings. The number of phenolic OH excluding ortho intramolecular Hbond substituents is 1. The molecule has 2 aromatic carbocycles. The average molecular weight is 368 g/mol. The first kappa shape index (κ1) is 15.3. The van der Waals surface area contributed by atoms with E-state index in [0.29, 0.717) is 23.9 Å². The Kier molecular flexibility index (Phi) is 2.80. The normalized spacial score (nSPS) is 25.3. The summed E-state index contributed by atoms with van der Waals surface area (Å²) >= 11 is 0. The molecule has 4 aliphatic heterocycles. The highest BCUT2D eigenvalue weighted by Gasteiger charge is 2.44. The van der Waals surface area contributed by atoms with E-state index in [9.17, 15) is 5.11 Å². The van der Waals surface area contributed by atoms with Gasteiger partial charge < -0.3 is 28.8 Å². The molecule has 0 spiro atoms. The molecule has 140 valence electrons. The van der Waals surface area contributed by atoms with Crippen LogP contribution in [0.4, 0.5) is 0 Å². The monoisotopic (exact) mass is 368 g/mol. The first-order valence-electron chi connectivity index (χ1n) is 9.31. The van der Waals surface area contributed by atoms with E-state index in [-0.39, 0.29) is 30.2 Å². The third kappa shape index (κ3) is 2.07. The molecule has 2 aromatic rings. The lowest BCUT2D eigenvalue weighted by Gasteiger charge is -2.36. The largest absolute Gasteiger partial charge is 0.502 e. The van der Waals surface area contributed by atoms with Crippen molar-refractivity contribution in [1.29, 1.82) is 0 Å². The van der Waals surface area contributed by atoms with Gasteiger partial charge in [-0.3, -0.25) is 0 Å². The summed E-state index contributed by atoms with van der Waals surface area (Å²) in [6.45, 7) is 4.74. The molecule has 27 heavy (non-hydrogen) atoms. The van der Waals surface area contributed by atoms with Gasteiger partial charge in [-0.05, 0) is 44.4 Å². The molecular weight excluding hydrogens is 348 g/mol. The van der Waals surface area contributed by atoms with Crippen molar-refractivity contribution in [1.82, 2.24) is 0 Å². The molecule has 0 aromatic heterocycles. The number of ether oxygens (including phenoxy) is 5. The number of rotatable bonds is 0. The zero-order valence-corrected chi connectivity index (χ0v) is 15.2. The smallest absolute Gasteiger partial charge is 0.231 e. The predicted octanol–water partition coefficient (Wildman–Crippen LogP) is 3.83. The van der Waals surface area contributed by atoms with E-state index in [4.69, 9.17) is 23.7 Å². The van der Waals surface area contributed by atoms with Crippen LogP contribution >= 0.6 is 0 Å². The molecule has 0 saturated carbocycles. The Morgan fingerprint density at radius 3 is 2.63 bits per heavy atom. The van der Waals surface area contributed by atoms with Crippen molar-refractivity contribution in [2.24, 2.45) is 0 Å². The van der Waals surface area contributed by atoms with Crippen LogP contribution in [-0.2, 0) is 6.42 Å². The Morgan fingerprint density at radius 1 is 0.963 bits per heavy atom. The molecule has 0 unspecified atom stereocenters. The van der Waals surface area contributed by atoms with Gasteiger partial charge in [0.05, 0.1) is 12.5 Å². The van der Waals surface area contributed by atoms with Gasteiger partial charge in [-0.15, -0.1) is 0 Å². The fourth-order valence-electron chi connectivity index (χ4n) is 4.48. The third-order valence-corrected chi connectivity index (χ3v) is 5.93. The molecule has 6 nitrogen and oxygen atoms in total. The number of phenols is 1. The minimum atomic E-state index is -0.295. The quantitative estimate of drug-likeness (QED) is 0.762. The van der Waals surface area contributed by atoms with Gasteiger partial charge in [0.25, 0.3) is 0 Å². The molecule has 0 bridgehead atoms. The van der Waals surface area contributed by atoms with Crippen LogP contribution in [0.15, 0.2) is 18.2 Å². The van der Waals surface area contributed by atoms with Crippen LogP contribution in [-0.4, -0.2) is 24.1 Å². The highest BCUT2D eigenvalue weighted by molar-refractivity contribution is 5.64. The second-order valence-electron chi connectivity index (χ2n) is 8.19. The van der Waals surface area contributed by atoms with E-state index in [1.807, 2.05) is 26.0 Å². The zero-order valence-electron chi connectivity index (χ0n) is 15.2. The SMILES string of the molecule is CC1(C)CCc2cc3c(c(O)c2O1)OC[C@H]1c2cc4c(cc2O[C@@H]31)OCO4. The van der Waals surface area contributed by atoms with Gasteiger partial charge in [0.2, 0.25) is 12.5 Å². The van der Waals surface area contributed by atoms with Crippen LogP contribution in [0.5, 0.6) is 34.5 Å². The summed E-state index contributed by atoms with van der Waals surface area (Å²) in [5.74, 6) is 3.40. The summed E-state index contributed by atoms with van der Waals surface area (Å²) in [7, 11) is 0. The standard InChI is InChI=1S/C21H20O6/c1-21(2)4-3-10-5-12-19-13(8-23-20(12)17(22)18(10)27-21)11-6-15-16(25-9-24-15)7-14(11)26-19/h5-7,13,19,22H,3-4,8-9H2,1-2H3/t13-,19-/m0/s1. The number of hydrogen-bond acceptors (Lipinski definition) is 6. The zero-order chi connectivity index (χ0) is 18.3. The number of hydrogen-bond donors (Lipinski definition) is 1. The van der Waals surface area contributed by atoms with Crippen molar-refractivity contribution >= 4 is 0 Å². The summed E-state index contributed by atoms with van der Waals surface area (Å²) in [6.07, 6.45) is 1.55. The van der Waals surface area contributed by atoms with E-state index < -0.39 is 0 Å². The first-order chi connectivity index (χ1) is 13.0. The van der Waals surface area contributed by atoms with Gasteiger partial charge in [-0.1, -0.05) is 0 Å². The Balaban J connectivity index is 1.44. The van der Waals surface area contributed by atoms with Crippen LogP contribution in [0.2, 0.25) is 0 Å². The molecule has 0 aliphatic carbocycles. The molecule has 2 atom stereocenters. The van der Waals surface area contributed by atoms with Crippen LogP contribution in [0.1, 0.15) is 49.0 Å². The lowest BCUT2D eigenvalue weighted by molar-refractivity contribution is 0.0772.